The fourth-order valence-electron chi connectivity index (χ4n) is 2.69. The van der Waals surface area contributed by atoms with E-state index in [0.29, 0.717) is 17.8 Å². The number of carbonyl (C=O) groups excluding carboxylic acids is 3. The van der Waals surface area contributed by atoms with Crippen LogP contribution in [0.25, 0.3) is 21.9 Å². The number of carboxylic acids is 1. The van der Waals surface area contributed by atoms with Gasteiger partial charge in [-0.25, -0.2) is 0 Å². The third-order valence-corrected chi connectivity index (χ3v) is 4.01. The number of rotatable bonds is 3. The molecule has 0 saturated heterocycles. The number of carbonyl (C=O) groups is 2. The lowest BCUT2D eigenvalue weighted by molar-refractivity contribution is -0.191. The molecular weight excluding hydrogens is 480 g/mol. The van der Waals surface area contributed by atoms with Crippen molar-refractivity contribution in [2.45, 2.75) is 20.3 Å². The van der Waals surface area contributed by atoms with Crippen molar-refractivity contribution < 1.29 is 48.1 Å². The average Bonchev–Trinajstić information content (AvgIpc) is 2.79. The van der Waals surface area contributed by atoms with Gasteiger partial charge in [-0.15, -0.1) is 0 Å². The molecule has 4 rings (SSSR count). The molecule has 0 unspecified atom stereocenters. The van der Waals surface area contributed by atoms with Crippen LogP contribution in [0.4, 0.5) is 0 Å². The summed E-state index contributed by atoms with van der Waals surface area (Å²) in [7, 11) is 0. The molecule has 12 heteroatoms. The van der Waals surface area contributed by atoms with Gasteiger partial charge >= 0.3 is 12.6 Å². The van der Waals surface area contributed by atoms with E-state index in [1.54, 1.807) is 12.1 Å². The van der Waals surface area contributed by atoms with E-state index in [-0.39, 0.29) is 51.9 Å². The predicted molar refractivity (Wildman–Crippen MR) is 123 cm³/mol. The molecule has 0 spiro atoms. The number of phenolic OH excluding ortho intramolecular Hbond substituents is 2. The molecule has 36 heavy (non-hydrogen) atoms. The molecule has 12 nitrogen and oxygen atoms in total. The van der Waals surface area contributed by atoms with E-state index < -0.39 is 11.4 Å². The molecule has 0 aliphatic heterocycles. The summed E-state index contributed by atoms with van der Waals surface area (Å²) in [6, 6.07) is 11.6. The lowest BCUT2D eigenvalue weighted by Crippen LogP contribution is -2.01. The second-order valence-corrected chi connectivity index (χ2v) is 6.48. The highest BCUT2D eigenvalue weighted by Crippen LogP contribution is 2.24. The number of hydrogen-bond donors (Lipinski definition) is 3. The maximum absolute atomic E-state index is 11.6. The van der Waals surface area contributed by atoms with Crippen LogP contribution in [0, 0.1) is 0 Å². The predicted octanol–water partition coefficient (Wildman–Crippen LogP) is 2.60. The summed E-state index contributed by atoms with van der Waals surface area (Å²) >= 11 is 0. The van der Waals surface area contributed by atoms with Gasteiger partial charge in [0.25, 0.3) is 11.9 Å². The number of aryl methyl sites for hydroxylation is 1. The number of ether oxygens (including phenoxy) is 1. The zero-order chi connectivity index (χ0) is 27.3. The standard InChI is InChI=1S/C11H10O3.C10H6O5.C2H4O2.CO2/c1-2-7-6-9(13)11-8(12)4-3-5-10(11)14-7;11-5-14-9-4-7(13)10-6(12)2-1-3-8(10)15-9;1-2(3)4;2-1-3/h3-6,12H,2H2,1H3;1-5,12H;1H3,(H,3,4);. The van der Waals surface area contributed by atoms with Gasteiger partial charge in [-0.2, -0.15) is 9.59 Å². The summed E-state index contributed by atoms with van der Waals surface area (Å²) in [4.78, 5) is 58.3. The maximum atomic E-state index is 11.6. The number of phenols is 2. The number of benzene rings is 2. The Bertz CT molecular complexity index is 1490. The van der Waals surface area contributed by atoms with E-state index in [4.69, 9.17) is 28.3 Å². The van der Waals surface area contributed by atoms with E-state index in [1.165, 1.54) is 30.3 Å². The van der Waals surface area contributed by atoms with Gasteiger partial charge in [0, 0.05) is 19.4 Å². The Hall–Kier alpha value is -5.22. The summed E-state index contributed by atoms with van der Waals surface area (Å²) in [6.07, 6.45) is 0.917. The number of carboxylic acid groups (broad SMARTS) is 1. The first-order valence-electron chi connectivity index (χ1n) is 9.89. The van der Waals surface area contributed by atoms with Crippen molar-refractivity contribution in [3.63, 3.8) is 0 Å². The molecule has 2 heterocycles. The van der Waals surface area contributed by atoms with Gasteiger partial charge < -0.3 is 28.9 Å². The first-order valence-corrected chi connectivity index (χ1v) is 9.89. The van der Waals surface area contributed by atoms with Gasteiger partial charge in [0.15, 0.2) is 10.9 Å². The van der Waals surface area contributed by atoms with Crippen LogP contribution in [0.5, 0.6) is 17.4 Å². The Morgan fingerprint density at radius 2 is 1.39 bits per heavy atom. The highest BCUT2D eigenvalue weighted by molar-refractivity contribution is 5.83. The summed E-state index contributed by atoms with van der Waals surface area (Å²) in [5.41, 5.74) is -0.0545. The fourth-order valence-corrected chi connectivity index (χ4v) is 2.69. The molecule has 3 N–H and O–H groups in total. The number of aliphatic carboxylic acids is 1. The Labute approximate surface area is 201 Å². The minimum atomic E-state index is -0.833. The normalized spacial score (nSPS) is 9.28. The number of hydrogen-bond acceptors (Lipinski definition) is 11. The van der Waals surface area contributed by atoms with Crippen LogP contribution in [0.2, 0.25) is 0 Å². The Kier molecular flexibility index (Phi) is 11.3. The SMILES string of the molecule is CC(=O)O.CCc1cc(=O)c2c(O)cccc2o1.O=C=O.O=COc1cc(=O)c2c(O)cccc2o1. The zero-order valence-electron chi connectivity index (χ0n) is 18.9. The first-order chi connectivity index (χ1) is 17.1. The number of fused-ring (bicyclic) bond motifs is 2. The van der Waals surface area contributed by atoms with Crippen LogP contribution >= 0.6 is 0 Å². The zero-order valence-corrected chi connectivity index (χ0v) is 18.9. The molecule has 0 fully saturated rings. The Balaban J connectivity index is 0.000000288. The highest BCUT2D eigenvalue weighted by Gasteiger charge is 2.09. The van der Waals surface area contributed by atoms with Gasteiger partial charge in [0.05, 0.1) is 6.07 Å². The summed E-state index contributed by atoms with van der Waals surface area (Å²) in [6.45, 7) is 3.15. The molecule has 2 aromatic carbocycles. The average molecular weight is 500 g/mol. The van der Waals surface area contributed by atoms with Crippen LogP contribution in [0.1, 0.15) is 19.6 Å². The van der Waals surface area contributed by atoms with Crippen molar-refractivity contribution in [3.05, 3.63) is 74.7 Å². The lowest BCUT2D eigenvalue weighted by atomic mass is 10.2. The molecule has 2 aromatic heterocycles. The molecular formula is C24H20O12. The van der Waals surface area contributed by atoms with Crippen LogP contribution < -0.4 is 15.6 Å². The van der Waals surface area contributed by atoms with Gasteiger partial charge in [0.2, 0.25) is 0 Å². The van der Waals surface area contributed by atoms with Crippen LogP contribution in [0.3, 0.4) is 0 Å². The van der Waals surface area contributed by atoms with E-state index in [9.17, 15) is 24.6 Å². The van der Waals surface area contributed by atoms with E-state index in [0.717, 1.165) is 13.0 Å². The van der Waals surface area contributed by atoms with Crippen LogP contribution in [-0.4, -0.2) is 33.9 Å². The van der Waals surface area contributed by atoms with E-state index >= 15 is 0 Å². The van der Waals surface area contributed by atoms with Gasteiger partial charge in [-0.05, 0) is 24.3 Å². The number of aromatic hydroxyl groups is 2. The molecule has 188 valence electrons. The first kappa shape index (κ1) is 28.8. The fraction of sp³-hybridized carbons (Fsp3) is 0.125. The van der Waals surface area contributed by atoms with Crippen molar-refractivity contribution in [1.82, 2.24) is 0 Å². The molecule has 0 radical (unpaired) electrons. The van der Waals surface area contributed by atoms with Crippen molar-refractivity contribution in [1.29, 1.82) is 0 Å². The molecule has 4 aromatic rings. The van der Waals surface area contributed by atoms with Crippen molar-refractivity contribution in [2.24, 2.45) is 0 Å². The smallest absolute Gasteiger partial charge is 0.373 e. The molecule has 0 aliphatic rings. The van der Waals surface area contributed by atoms with Gasteiger partial charge in [-0.1, -0.05) is 19.1 Å². The third kappa shape index (κ3) is 8.28. The van der Waals surface area contributed by atoms with E-state index in [1.807, 2.05) is 6.92 Å². The molecule has 0 amide bonds. The minimum absolute atomic E-state index is 0.0288. The third-order valence-electron chi connectivity index (χ3n) is 4.01. The van der Waals surface area contributed by atoms with Crippen molar-refractivity contribution in [2.75, 3.05) is 0 Å². The molecule has 0 aliphatic carbocycles. The highest BCUT2D eigenvalue weighted by atomic mass is 16.6. The quantitative estimate of drug-likeness (QED) is 0.348. The lowest BCUT2D eigenvalue weighted by Gasteiger charge is -2.01. The van der Waals surface area contributed by atoms with Crippen LogP contribution in [0.15, 0.2) is 67.0 Å². The second-order valence-electron chi connectivity index (χ2n) is 6.48. The second kappa shape index (κ2) is 14.1. The van der Waals surface area contributed by atoms with Crippen molar-refractivity contribution in [3.8, 4) is 17.4 Å². The minimum Gasteiger partial charge on any atom is -0.507 e. The molecule has 0 atom stereocenters. The molecule has 0 bridgehead atoms. The van der Waals surface area contributed by atoms with Crippen molar-refractivity contribution >= 4 is 40.5 Å². The van der Waals surface area contributed by atoms with Gasteiger partial charge in [-0.3, -0.25) is 19.2 Å². The Morgan fingerprint density at radius 3 is 1.83 bits per heavy atom. The Morgan fingerprint density at radius 1 is 0.944 bits per heavy atom. The maximum Gasteiger partial charge on any atom is 0.373 e. The molecule has 0 saturated carbocycles. The largest absolute Gasteiger partial charge is 0.507 e. The summed E-state index contributed by atoms with van der Waals surface area (Å²) in [5, 5.41) is 26.6. The van der Waals surface area contributed by atoms with E-state index in [2.05, 4.69) is 4.74 Å². The summed E-state index contributed by atoms with van der Waals surface area (Å²) in [5.74, 6) is -0.598. The van der Waals surface area contributed by atoms with Crippen LogP contribution in [-0.2, 0) is 25.6 Å². The topological polar surface area (TPSA) is 199 Å². The summed E-state index contributed by atoms with van der Waals surface area (Å²) < 4.78 is 14.9. The van der Waals surface area contributed by atoms with Gasteiger partial charge in [0.1, 0.15) is 39.2 Å². The monoisotopic (exact) mass is 500 g/mol.